The number of halogens is 3. The van der Waals surface area contributed by atoms with Gasteiger partial charge in [0, 0.05) is 6.42 Å². The highest BCUT2D eigenvalue weighted by molar-refractivity contribution is 9.10. The molecule has 0 aliphatic carbocycles. The van der Waals surface area contributed by atoms with Crippen LogP contribution in [-0.2, 0) is 0 Å². The molecule has 3 aromatic rings. The van der Waals surface area contributed by atoms with Gasteiger partial charge in [0.2, 0.25) is 0 Å². The van der Waals surface area contributed by atoms with Gasteiger partial charge in [-0.3, -0.25) is 0 Å². The van der Waals surface area contributed by atoms with Crippen molar-refractivity contribution in [1.82, 2.24) is 14.6 Å². The molecule has 1 aliphatic rings. The van der Waals surface area contributed by atoms with Crippen molar-refractivity contribution in [2.75, 3.05) is 11.4 Å². The van der Waals surface area contributed by atoms with Crippen LogP contribution in [0.3, 0.4) is 0 Å². The number of imidazole rings is 1. The van der Waals surface area contributed by atoms with Gasteiger partial charge in [0.1, 0.15) is 10.4 Å². The Balaban J connectivity index is 1.79. The van der Waals surface area contributed by atoms with Crippen LogP contribution in [0.1, 0.15) is 23.6 Å². The second-order valence-electron chi connectivity index (χ2n) is 6.16. The average molecular weight is 393 g/mol. The van der Waals surface area contributed by atoms with Crippen LogP contribution < -0.4 is 4.90 Å². The van der Waals surface area contributed by atoms with Crippen LogP contribution in [0.2, 0.25) is 0 Å². The van der Waals surface area contributed by atoms with Gasteiger partial charge in [-0.15, -0.1) is 5.10 Å². The average Bonchev–Trinajstić information content (AvgIpc) is 3.07. The van der Waals surface area contributed by atoms with E-state index in [1.807, 2.05) is 31.2 Å². The topological polar surface area (TPSA) is 33.4 Å². The Morgan fingerprint density at radius 2 is 2.08 bits per heavy atom. The van der Waals surface area contributed by atoms with Gasteiger partial charge < -0.3 is 4.90 Å². The predicted octanol–water partition coefficient (Wildman–Crippen LogP) is 4.39. The lowest BCUT2D eigenvalue weighted by molar-refractivity contribution is 0.0222. The standard InChI is InChI=1S/C17H15BrF2N4/c1-11-3-2-4-12(7-11)13-8-17(19,20)10-23(13)16-6-5-15-21-9-14(18)24(15)22-16/h2-7,9,13H,8,10H2,1H3. The summed E-state index contributed by atoms with van der Waals surface area (Å²) in [5, 5.41) is 4.48. The van der Waals surface area contributed by atoms with Gasteiger partial charge in [-0.1, -0.05) is 29.8 Å². The molecule has 3 heterocycles. The Hall–Kier alpha value is -2.02. The molecular weight excluding hydrogens is 378 g/mol. The van der Waals surface area contributed by atoms with Crippen molar-refractivity contribution in [3.05, 3.63) is 58.3 Å². The molecule has 7 heteroatoms. The van der Waals surface area contributed by atoms with E-state index in [-0.39, 0.29) is 13.0 Å². The summed E-state index contributed by atoms with van der Waals surface area (Å²) in [6.07, 6.45) is 1.43. The second-order valence-corrected chi connectivity index (χ2v) is 6.97. The van der Waals surface area contributed by atoms with Crippen molar-refractivity contribution in [3.8, 4) is 0 Å². The molecule has 0 bridgehead atoms. The van der Waals surface area contributed by atoms with Crippen molar-refractivity contribution in [3.63, 3.8) is 0 Å². The highest BCUT2D eigenvalue weighted by atomic mass is 79.9. The van der Waals surface area contributed by atoms with E-state index in [9.17, 15) is 8.78 Å². The Bertz CT molecular complexity index is 908. The molecule has 4 rings (SSSR count). The van der Waals surface area contributed by atoms with E-state index in [2.05, 4.69) is 26.0 Å². The van der Waals surface area contributed by atoms with Crippen molar-refractivity contribution in [2.45, 2.75) is 25.3 Å². The number of benzene rings is 1. The third kappa shape index (κ3) is 2.66. The fraction of sp³-hybridized carbons (Fsp3) is 0.294. The lowest BCUT2D eigenvalue weighted by Gasteiger charge is -2.25. The van der Waals surface area contributed by atoms with Crippen LogP contribution >= 0.6 is 15.9 Å². The number of hydrogen-bond donors (Lipinski definition) is 0. The summed E-state index contributed by atoms with van der Waals surface area (Å²) < 4.78 is 30.6. The van der Waals surface area contributed by atoms with Gasteiger partial charge in [0.05, 0.1) is 18.8 Å². The second kappa shape index (κ2) is 5.51. The van der Waals surface area contributed by atoms with Crippen molar-refractivity contribution < 1.29 is 8.78 Å². The summed E-state index contributed by atoms with van der Waals surface area (Å²) in [5.41, 5.74) is 2.62. The van der Waals surface area contributed by atoms with Gasteiger partial charge in [-0.25, -0.2) is 18.3 Å². The minimum atomic E-state index is -2.74. The van der Waals surface area contributed by atoms with E-state index < -0.39 is 12.0 Å². The molecule has 1 saturated heterocycles. The molecule has 0 amide bonds. The van der Waals surface area contributed by atoms with Crippen molar-refractivity contribution in [1.29, 1.82) is 0 Å². The number of alkyl halides is 2. The third-order valence-electron chi connectivity index (χ3n) is 4.30. The van der Waals surface area contributed by atoms with E-state index in [4.69, 9.17) is 0 Å². The number of nitrogens with zero attached hydrogens (tertiary/aromatic N) is 4. The van der Waals surface area contributed by atoms with Gasteiger partial charge in [0.15, 0.2) is 5.65 Å². The Morgan fingerprint density at radius 1 is 1.25 bits per heavy atom. The van der Waals surface area contributed by atoms with Gasteiger partial charge in [0.25, 0.3) is 5.92 Å². The number of anilines is 1. The Kier molecular flexibility index (Phi) is 3.56. The number of rotatable bonds is 2. The van der Waals surface area contributed by atoms with Crippen molar-refractivity contribution >= 4 is 27.4 Å². The van der Waals surface area contributed by atoms with Crippen LogP contribution in [0.5, 0.6) is 0 Å². The fourth-order valence-corrected chi connectivity index (χ4v) is 3.59. The zero-order valence-corrected chi connectivity index (χ0v) is 14.5. The Morgan fingerprint density at radius 3 is 2.88 bits per heavy atom. The summed E-state index contributed by atoms with van der Waals surface area (Å²) in [6.45, 7) is 1.63. The number of fused-ring (bicyclic) bond motifs is 1. The number of aryl methyl sites for hydroxylation is 1. The van der Waals surface area contributed by atoms with Crippen LogP contribution in [-0.4, -0.2) is 27.1 Å². The van der Waals surface area contributed by atoms with E-state index in [1.54, 1.807) is 27.7 Å². The summed E-state index contributed by atoms with van der Waals surface area (Å²) in [7, 11) is 0. The summed E-state index contributed by atoms with van der Waals surface area (Å²) in [6, 6.07) is 10.9. The summed E-state index contributed by atoms with van der Waals surface area (Å²) >= 11 is 3.37. The summed E-state index contributed by atoms with van der Waals surface area (Å²) in [4.78, 5) is 5.87. The van der Waals surface area contributed by atoms with Crippen LogP contribution in [0, 0.1) is 6.92 Å². The molecule has 0 N–H and O–H groups in total. The van der Waals surface area contributed by atoms with Gasteiger partial charge >= 0.3 is 0 Å². The minimum Gasteiger partial charge on any atom is -0.342 e. The molecule has 4 nitrogen and oxygen atoms in total. The molecule has 1 aromatic carbocycles. The maximum atomic E-state index is 14.2. The van der Waals surface area contributed by atoms with E-state index in [0.717, 1.165) is 11.1 Å². The zero-order chi connectivity index (χ0) is 16.9. The first-order valence-electron chi connectivity index (χ1n) is 7.64. The third-order valence-corrected chi connectivity index (χ3v) is 4.84. The Labute approximate surface area is 146 Å². The van der Waals surface area contributed by atoms with E-state index in [0.29, 0.717) is 16.1 Å². The van der Waals surface area contributed by atoms with Crippen LogP contribution in [0.15, 0.2) is 47.2 Å². The molecule has 0 saturated carbocycles. The quantitative estimate of drug-likeness (QED) is 0.648. The minimum absolute atomic E-state index is 0.207. The van der Waals surface area contributed by atoms with Crippen molar-refractivity contribution in [2.24, 2.45) is 0 Å². The monoisotopic (exact) mass is 392 g/mol. The SMILES string of the molecule is Cc1cccc(C2CC(F)(F)CN2c2ccc3ncc(Br)n3n2)c1. The molecule has 1 unspecified atom stereocenters. The smallest absolute Gasteiger partial charge is 0.267 e. The molecule has 0 spiro atoms. The maximum absolute atomic E-state index is 14.2. The highest BCUT2D eigenvalue weighted by Gasteiger charge is 2.46. The first-order valence-corrected chi connectivity index (χ1v) is 8.44. The van der Waals surface area contributed by atoms with E-state index >= 15 is 0 Å². The maximum Gasteiger partial charge on any atom is 0.267 e. The lowest BCUT2D eigenvalue weighted by Crippen LogP contribution is -2.27. The molecule has 1 aliphatic heterocycles. The number of aromatic nitrogens is 3. The fourth-order valence-electron chi connectivity index (χ4n) is 3.22. The van der Waals surface area contributed by atoms with Gasteiger partial charge in [-0.05, 0) is 40.5 Å². The molecule has 1 atom stereocenters. The molecule has 1 fully saturated rings. The summed E-state index contributed by atoms with van der Waals surface area (Å²) in [5.74, 6) is -2.22. The normalized spacial score (nSPS) is 20.0. The first kappa shape index (κ1) is 15.5. The molecule has 124 valence electrons. The molecule has 0 radical (unpaired) electrons. The number of hydrogen-bond acceptors (Lipinski definition) is 3. The molecular formula is C17H15BrF2N4. The zero-order valence-electron chi connectivity index (χ0n) is 13.0. The van der Waals surface area contributed by atoms with Gasteiger partial charge in [-0.2, -0.15) is 0 Å². The van der Waals surface area contributed by atoms with E-state index in [1.165, 1.54) is 0 Å². The molecule has 24 heavy (non-hydrogen) atoms. The van der Waals surface area contributed by atoms with Crippen LogP contribution in [0.25, 0.3) is 5.65 Å². The molecule has 2 aromatic heterocycles. The largest absolute Gasteiger partial charge is 0.342 e. The predicted molar refractivity (Wildman–Crippen MR) is 91.5 cm³/mol. The highest BCUT2D eigenvalue weighted by Crippen LogP contribution is 2.43. The van der Waals surface area contributed by atoms with Crippen LogP contribution in [0.4, 0.5) is 14.6 Å². The first-order chi connectivity index (χ1) is 11.4. The lowest BCUT2D eigenvalue weighted by atomic mass is 10.0.